The smallest absolute Gasteiger partial charge is 0.289 e. The first-order valence-corrected chi connectivity index (χ1v) is 9.64. The van der Waals surface area contributed by atoms with E-state index in [1.54, 1.807) is 17.0 Å². The SMILES string of the molecule is CC(C)(C)c1ccc(C(=O)Nc2[nH]nc3c2CN(C(=O)c2ccco2)CC3)cc1. The number of hydrogen-bond acceptors (Lipinski definition) is 4. The first-order chi connectivity index (χ1) is 13.8. The molecule has 0 bridgehead atoms. The molecule has 1 aliphatic rings. The molecule has 0 fully saturated rings. The van der Waals surface area contributed by atoms with Crippen molar-refractivity contribution in [3.05, 3.63) is 70.8 Å². The molecule has 7 nitrogen and oxygen atoms in total. The molecule has 0 radical (unpaired) electrons. The number of hydrogen-bond donors (Lipinski definition) is 2. The minimum Gasteiger partial charge on any atom is -0.459 e. The van der Waals surface area contributed by atoms with Crippen molar-refractivity contribution >= 4 is 17.6 Å². The van der Waals surface area contributed by atoms with Gasteiger partial charge in [0.15, 0.2) is 5.76 Å². The second-order valence-electron chi connectivity index (χ2n) is 8.26. The Morgan fingerprint density at radius 1 is 1.17 bits per heavy atom. The van der Waals surface area contributed by atoms with Gasteiger partial charge in [-0.3, -0.25) is 14.7 Å². The van der Waals surface area contributed by atoms with E-state index >= 15 is 0 Å². The summed E-state index contributed by atoms with van der Waals surface area (Å²) in [5.41, 5.74) is 3.46. The molecule has 0 unspecified atom stereocenters. The Bertz CT molecular complexity index is 1030. The Morgan fingerprint density at radius 3 is 2.59 bits per heavy atom. The summed E-state index contributed by atoms with van der Waals surface area (Å²) < 4.78 is 5.22. The molecule has 150 valence electrons. The van der Waals surface area contributed by atoms with Gasteiger partial charge in [0.1, 0.15) is 5.82 Å². The second-order valence-corrected chi connectivity index (χ2v) is 8.26. The predicted molar refractivity (Wildman–Crippen MR) is 109 cm³/mol. The minimum atomic E-state index is -0.216. The minimum absolute atomic E-state index is 0.0292. The highest BCUT2D eigenvalue weighted by Gasteiger charge is 2.28. The topological polar surface area (TPSA) is 91.2 Å². The molecule has 0 atom stereocenters. The van der Waals surface area contributed by atoms with Crippen LogP contribution < -0.4 is 5.32 Å². The average Bonchev–Trinajstić information content (AvgIpc) is 3.37. The molecule has 3 heterocycles. The summed E-state index contributed by atoms with van der Waals surface area (Å²) in [6, 6.07) is 10.9. The van der Waals surface area contributed by atoms with Crippen LogP contribution in [0.3, 0.4) is 0 Å². The van der Waals surface area contributed by atoms with Crippen molar-refractivity contribution in [2.75, 3.05) is 11.9 Å². The Balaban J connectivity index is 1.49. The van der Waals surface area contributed by atoms with Gasteiger partial charge >= 0.3 is 0 Å². The highest BCUT2D eigenvalue weighted by Crippen LogP contribution is 2.26. The number of H-pyrrole nitrogens is 1. The van der Waals surface area contributed by atoms with Gasteiger partial charge in [0.2, 0.25) is 0 Å². The molecule has 4 rings (SSSR count). The van der Waals surface area contributed by atoms with Crippen molar-refractivity contribution < 1.29 is 14.0 Å². The number of furan rings is 1. The van der Waals surface area contributed by atoms with Crippen LogP contribution in [0.15, 0.2) is 47.1 Å². The summed E-state index contributed by atoms with van der Waals surface area (Å²) in [6.45, 7) is 7.32. The molecule has 3 aromatic rings. The second kappa shape index (κ2) is 7.24. The maximum Gasteiger partial charge on any atom is 0.289 e. The fraction of sp³-hybridized carbons (Fsp3) is 0.318. The van der Waals surface area contributed by atoms with Gasteiger partial charge in [0, 0.05) is 24.1 Å². The number of carbonyl (C=O) groups excluding carboxylic acids is 2. The van der Waals surface area contributed by atoms with Crippen LogP contribution in [0.5, 0.6) is 0 Å². The molecule has 7 heteroatoms. The lowest BCUT2D eigenvalue weighted by atomic mass is 9.87. The van der Waals surface area contributed by atoms with E-state index in [9.17, 15) is 9.59 Å². The van der Waals surface area contributed by atoms with Crippen LogP contribution in [-0.2, 0) is 18.4 Å². The summed E-state index contributed by atoms with van der Waals surface area (Å²) in [7, 11) is 0. The zero-order valence-electron chi connectivity index (χ0n) is 16.8. The lowest BCUT2D eigenvalue weighted by Crippen LogP contribution is -2.35. The summed E-state index contributed by atoms with van der Waals surface area (Å²) in [6.07, 6.45) is 2.10. The zero-order valence-corrected chi connectivity index (χ0v) is 16.8. The number of nitrogens with one attached hydrogen (secondary N) is 2. The van der Waals surface area contributed by atoms with Gasteiger partial charge in [-0.25, -0.2) is 0 Å². The normalized spacial score (nSPS) is 13.8. The number of fused-ring (bicyclic) bond motifs is 1. The lowest BCUT2D eigenvalue weighted by Gasteiger charge is -2.26. The molecular weight excluding hydrogens is 368 g/mol. The lowest BCUT2D eigenvalue weighted by molar-refractivity contribution is 0.0702. The van der Waals surface area contributed by atoms with Crippen LogP contribution in [-0.4, -0.2) is 33.5 Å². The third-order valence-corrected chi connectivity index (χ3v) is 5.19. The molecule has 2 aromatic heterocycles. The van der Waals surface area contributed by atoms with Gasteiger partial charge in [-0.15, -0.1) is 0 Å². The van der Waals surface area contributed by atoms with Gasteiger partial charge in [-0.05, 0) is 35.2 Å². The first-order valence-electron chi connectivity index (χ1n) is 9.64. The van der Waals surface area contributed by atoms with E-state index in [1.807, 2.05) is 24.3 Å². The number of anilines is 1. The number of nitrogens with zero attached hydrogens (tertiary/aromatic N) is 2. The first kappa shape index (κ1) is 19.0. The van der Waals surface area contributed by atoms with E-state index < -0.39 is 0 Å². The highest BCUT2D eigenvalue weighted by molar-refractivity contribution is 6.04. The summed E-state index contributed by atoms with van der Waals surface area (Å²) in [5.74, 6) is 0.451. The van der Waals surface area contributed by atoms with Gasteiger partial charge < -0.3 is 14.6 Å². The molecule has 2 N–H and O–H groups in total. The van der Waals surface area contributed by atoms with Crippen LogP contribution in [0.1, 0.15) is 58.5 Å². The fourth-order valence-electron chi connectivity index (χ4n) is 3.43. The van der Waals surface area contributed by atoms with Gasteiger partial charge in [-0.2, -0.15) is 5.10 Å². The molecule has 2 amide bonds. The van der Waals surface area contributed by atoms with E-state index in [4.69, 9.17) is 4.42 Å². The van der Waals surface area contributed by atoms with Crippen LogP contribution in [0.25, 0.3) is 0 Å². The van der Waals surface area contributed by atoms with Crippen molar-refractivity contribution in [3.63, 3.8) is 0 Å². The third-order valence-electron chi connectivity index (χ3n) is 5.19. The number of aromatic nitrogens is 2. The average molecular weight is 392 g/mol. The van der Waals surface area contributed by atoms with E-state index in [2.05, 4.69) is 36.3 Å². The Labute approximate surface area is 169 Å². The van der Waals surface area contributed by atoms with E-state index in [0.717, 1.165) is 11.3 Å². The van der Waals surface area contributed by atoms with Crippen molar-refractivity contribution in [2.45, 2.75) is 39.2 Å². The monoisotopic (exact) mass is 392 g/mol. The quantitative estimate of drug-likeness (QED) is 0.710. The highest BCUT2D eigenvalue weighted by atomic mass is 16.3. The molecule has 0 saturated heterocycles. The fourth-order valence-corrected chi connectivity index (χ4v) is 3.43. The summed E-state index contributed by atoms with van der Waals surface area (Å²) >= 11 is 0. The van der Waals surface area contributed by atoms with Crippen LogP contribution >= 0.6 is 0 Å². The van der Waals surface area contributed by atoms with Gasteiger partial charge in [0.05, 0.1) is 18.5 Å². The third kappa shape index (κ3) is 3.81. The molecular formula is C22H24N4O3. The zero-order chi connectivity index (χ0) is 20.6. The predicted octanol–water partition coefficient (Wildman–Crippen LogP) is 3.75. The van der Waals surface area contributed by atoms with E-state index in [0.29, 0.717) is 36.7 Å². The standard InChI is InChI=1S/C22H24N4O3/c1-22(2,3)15-8-6-14(7-9-15)20(27)23-19-16-13-26(11-10-17(16)24-25-19)21(28)18-5-4-12-29-18/h4-9,12H,10-11,13H2,1-3H3,(H2,23,24,25,27). The maximum absolute atomic E-state index is 12.7. The van der Waals surface area contributed by atoms with Crippen LogP contribution in [0.4, 0.5) is 5.82 Å². The number of amides is 2. The van der Waals surface area contributed by atoms with Crippen molar-refractivity contribution in [1.82, 2.24) is 15.1 Å². The molecule has 1 aliphatic heterocycles. The summed E-state index contributed by atoms with van der Waals surface area (Å²) in [5, 5.41) is 10.1. The van der Waals surface area contributed by atoms with Crippen LogP contribution in [0.2, 0.25) is 0 Å². The maximum atomic E-state index is 12.7. The van der Waals surface area contributed by atoms with Gasteiger partial charge in [0.25, 0.3) is 11.8 Å². The molecule has 0 aliphatic carbocycles. The number of benzene rings is 1. The van der Waals surface area contributed by atoms with Crippen molar-refractivity contribution in [1.29, 1.82) is 0 Å². The Hall–Kier alpha value is -3.35. The van der Waals surface area contributed by atoms with E-state index in [-0.39, 0.29) is 17.2 Å². The molecule has 1 aromatic carbocycles. The number of aromatic amines is 1. The molecule has 0 spiro atoms. The Morgan fingerprint density at radius 2 is 1.93 bits per heavy atom. The molecule has 29 heavy (non-hydrogen) atoms. The number of carbonyl (C=O) groups is 2. The van der Waals surface area contributed by atoms with Gasteiger partial charge in [-0.1, -0.05) is 32.9 Å². The van der Waals surface area contributed by atoms with Crippen molar-refractivity contribution in [2.24, 2.45) is 0 Å². The van der Waals surface area contributed by atoms with Crippen LogP contribution in [0, 0.1) is 0 Å². The van der Waals surface area contributed by atoms with Crippen molar-refractivity contribution in [3.8, 4) is 0 Å². The Kier molecular flexibility index (Phi) is 4.74. The summed E-state index contributed by atoms with van der Waals surface area (Å²) in [4.78, 5) is 27.0. The largest absolute Gasteiger partial charge is 0.459 e. The number of rotatable bonds is 3. The molecule has 0 saturated carbocycles. The van der Waals surface area contributed by atoms with E-state index in [1.165, 1.54) is 11.8 Å².